The van der Waals surface area contributed by atoms with Gasteiger partial charge in [0.25, 0.3) is 5.91 Å². The van der Waals surface area contributed by atoms with Crippen LogP contribution < -0.4 is 10.6 Å². The van der Waals surface area contributed by atoms with Crippen LogP contribution in [0.15, 0.2) is 43.0 Å². The van der Waals surface area contributed by atoms with Gasteiger partial charge >= 0.3 is 0 Å². The second kappa shape index (κ2) is 8.25. The van der Waals surface area contributed by atoms with Crippen molar-refractivity contribution in [3.05, 3.63) is 48.8 Å². The Bertz CT molecular complexity index is 1320. The molecule has 10 heteroatoms. The van der Waals surface area contributed by atoms with E-state index < -0.39 is 11.7 Å². The lowest BCUT2D eigenvalue weighted by atomic mass is 10.1. The van der Waals surface area contributed by atoms with E-state index in [1.807, 2.05) is 17.5 Å². The minimum absolute atomic E-state index is 0.0342. The largest absolute Gasteiger partial charge is 0.394 e. The first kappa shape index (κ1) is 20.1. The summed E-state index contributed by atoms with van der Waals surface area (Å²) in [4.78, 5) is 19.8. The highest BCUT2D eigenvalue weighted by Gasteiger charge is 2.16. The van der Waals surface area contributed by atoms with Crippen molar-refractivity contribution in [3.63, 3.8) is 0 Å². The zero-order chi connectivity index (χ0) is 22.0. The van der Waals surface area contributed by atoms with Crippen molar-refractivity contribution in [1.82, 2.24) is 24.3 Å². The van der Waals surface area contributed by atoms with Crippen LogP contribution in [0.3, 0.4) is 0 Å². The summed E-state index contributed by atoms with van der Waals surface area (Å²) in [5.41, 5.74) is 2.62. The summed E-state index contributed by atoms with van der Waals surface area (Å²) in [6, 6.07) is 5.21. The number of nitrogens with zero attached hydrogens (tertiary/aromatic N) is 5. The molecule has 3 aromatic heterocycles. The fourth-order valence-electron chi connectivity index (χ4n) is 3.22. The molecule has 0 fully saturated rings. The van der Waals surface area contributed by atoms with Crippen molar-refractivity contribution < 1.29 is 14.3 Å². The minimum Gasteiger partial charge on any atom is -0.394 e. The van der Waals surface area contributed by atoms with Crippen LogP contribution >= 0.6 is 0 Å². The van der Waals surface area contributed by atoms with Gasteiger partial charge in [-0.15, -0.1) is 6.42 Å². The van der Waals surface area contributed by atoms with Crippen LogP contribution in [0.25, 0.3) is 22.2 Å². The average Bonchev–Trinajstić information content (AvgIpc) is 3.33. The molecule has 3 N–H and O–H groups in total. The summed E-state index contributed by atoms with van der Waals surface area (Å²) in [6.07, 6.45) is 11.2. The fraction of sp³-hybridized carbons (Fsp3) is 0.143. The van der Waals surface area contributed by atoms with Gasteiger partial charge < -0.3 is 20.3 Å². The number of hydrogen-bond acceptors (Lipinski definition) is 6. The van der Waals surface area contributed by atoms with Gasteiger partial charge in [0.1, 0.15) is 5.69 Å². The maximum atomic E-state index is 14.6. The lowest BCUT2D eigenvalue weighted by Gasteiger charge is -2.06. The Morgan fingerprint density at radius 2 is 2.13 bits per heavy atom. The Morgan fingerprint density at radius 1 is 1.29 bits per heavy atom. The molecule has 156 valence electrons. The molecule has 0 aliphatic carbocycles. The third kappa shape index (κ3) is 4.08. The number of aromatic nitrogens is 5. The number of aryl methyl sites for hydroxylation is 1. The number of rotatable bonds is 6. The number of benzene rings is 1. The molecule has 3 heterocycles. The van der Waals surface area contributed by atoms with Gasteiger partial charge in [-0.1, -0.05) is 6.07 Å². The van der Waals surface area contributed by atoms with Crippen molar-refractivity contribution in [3.8, 4) is 23.6 Å². The van der Waals surface area contributed by atoms with Gasteiger partial charge in [-0.2, -0.15) is 5.10 Å². The maximum absolute atomic E-state index is 14.6. The first-order valence-corrected chi connectivity index (χ1v) is 9.28. The van der Waals surface area contributed by atoms with Gasteiger partial charge in [-0.3, -0.25) is 9.48 Å². The summed E-state index contributed by atoms with van der Waals surface area (Å²) in [7, 11) is 1.81. The van der Waals surface area contributed by atoms with Crippen LogP contribution in [0.5, 0.6) is 0 Å². The quantitative estimate of drug-likeness (QED) is 0.414. The second-order valence-corrected chi connectivity index (χ2v) is 6.71. The zero-order valence-electron chi connectivity index (χ0n) is 16.5. The number of aliphatic hydroxyl groups is 1. The summed E-state index contributed by atoms with van der Waals surface area (Å²) in [5.74, 6) is 1.09. The number of carbonyl (C=O) groups excluding carboxylic acids is 1. The van der Waals surface area contributed by atoms with E-state index in [1.165, 1.54) is 0 Å². The predicted octanol–water partition coefficient (Wildman–Crippen LogP) is 2.28. The van der Waals surface area contributed by atoms with E-state index >= 15 is 0 Å². The van der Waals surface area contributed by atoms with E-state index in [-0.39, 0.29) is 18.2 Å². The van der Waals surface area contributed by atoms with Crippen LogP contribution in [-0.4, -0.2) is 41.9 Å². The fourth-order valence-corrected chi connectivity index (χ4v) is 3.22. The average molecular weight is 419 g/mol. The Balaban J connectivity index is 1.69. The third-order valence-corrected chi connectivity index (χ3v) is 4.60. The van der Waals surface area contributed by atoms with Gasteiger partial charge in [0.2, 0.25) is 5.95 Å². The molecule has 1 amide bonds. The van der Waals surface area contributed by atoms with E-state index in [0.29, 0.717) is 23.5 Å². The molecule has 0 atom stereocenters. The van der Waals surface area contributed by atoms with Crippen molar-refractivity contribution in [2.45, 2.75) is 6.54 Å². The van der Waals surface area contributed by atoms with Crippen LogP contribution in [0, 0.1) is 18.2 Å². The molecule has 0 spiro atoms. The summed E-state index contributed by atoms with van der Waals surface area (Å²) >= 11 is 0. The Morgan fingerprint density at radius 3 is 2.90 bits per heavy atom. The van der Waals surface area contributed by atoms with Crippen LogP contribution in [0.2, 0.25) is 0 Å². The highest BCUT2D eigenvalue weighted by atomic mass is 19.1. The third-order valence-electron chi connectivity index (χ3n) is 4.60. The standard InChI is InChI=1S/C21H18FN7O2/c1-3-19(31)25-13-4-5-15-16(12-28(2)18(15)8-13)20-17(22)10-23-21(27-20)26-14-9-24-29(11-14)6-7-30/h1,4-5,8-12,30H,6-7H2,2H3,(H,25,31)(H,23,26,27). The Hall–Kier alpha value is -4.23. The van der Waals surface area contributed by atoms with E-state index in [4.69, 9.17) is 11.5 Å². The molecule has 1 aromatic carbocycles. The van der Waals surface area contributed by atoms with Crippen molar-refractivity contribution in [2.24, 2.45) is 7.05 Å². The molecule has 0 saturated heterocycles. The molecule has 4 aromatic rings. The number of terminal acetylenes is 1. The number of halogens is 1. The number of nitrogens with one attached hydrogen (secondary N) is 2. The molecular weight excluding hydrogens is 401 g/mol. The van der Waals surface area contributed by atoms with Crippen LogP contribution in [0.4, 0.5) is 21.7 Å². The molecule has 0 bridgehead atoms. The highest BCUT2D eigenvalue weighted by Crippen LogP contribution is 2.32. The number of fused-ring (bicyclic) bond motifs is 1. The Labute approximate surface area is 176 Å². The first-order chi connectivity index (χ1) is 15.0. The topological polar surface area (TPSA) is 110 Å². The van der Waals surface area contributed by atoms with Gasteiger partial charge in [-0.05, 0) is 18.1 Å². The molecule has 0 unspecified atom stereocenters. The summed E-state index contributed by atoms with van der Waals surface area (Å²) in [5, 5.41) is 19.4. The number of hydrogen-bond donors (Lipinski definition) is 3. The van der Waals surface area contributed by atoms with Crippen LogP contribution in [-0.2, 0) is 18.4 Å². The molecule has 31 heavy (non-hydrogen) atoms. The van der Waals surface area contributed by atoms with Gasteiger partial charge in [0, 0.05) is 36.1 Å². The second-order valence-electron chi connectivity index (χ2n) is 6.71. The SMILES string of the molecule is C#CC(=O)Nc1ccc2c(-c3nc(Nc4cnn(CCO)c4)ncc3F)cn(C)c2c1. The summed E-state index contributed by atoms with van der Waals surface area (Å²) in [6.45, 7) is 0.324. The maximum Gasteiger partial charge on any atom is 0.300 e. The van der Waals surface area contributed by atoms with E-state index in [0.717, 1.165) is 17.1 Å². The molecule has 0 aliphatic rings. The van der Waals surface area contributed by atoms with Crippen LogP contribution in [0.1, 0.15) is 0 Å². The highest BCUT2D eigenvalue weighted by molar-refractivity contribution is 6.05. The number of carbonyl (C=O) groups is 1. The molecule has 9 nitrogen and oxygen atoms in total. The van der Waals surface area contributed by atoms with Gasteiger partial charge in [-0.25, -0.2) is 14.4 Å². The smallest absolute Gasteiger partial charge is 0.300 e. The minimum atomic E-state index is -0.571. The first-order valence-electron chi connectivity index (χ1n) is 9.28. The lowest BCUT2D eigenvalue weighted by Crippen LogP contribution is -2.07. The van der Waals surface area contributed by atoms with Gasteiger partial charge in [0.05, 0.1) is 36.7 Å². The van der Waals surface area contributed by atoms with Gasteiger partial charge in [0.15, 0.2) is 5.82 Å². The monoisotopic (exact) mass is 419 g/mol. The number of anilines is 3. The normalized spacial score (nSPS) is 10.8. The van der Waals surface area contributed by atoms with Crippen molar-refractivity contribution >= 4 is 34.1 Å². The van der Waals surface area contributed by atoms with Crippen molar-refractivity contribution in [2.75, 3.05) is 17.2 Å². The molecule has 0 saturated carbocycles. The van der Waals surface area contributed by atoms with E-state index in [9.17, 15) is 9.18 Å². The predicted molar refractivity (Wildman–Crippen MR) is 114 cm³/mol. The molecule has 0 radical (unpaired) electrons. The molecule has 4 rings (SSSR count). The van der Waals surface area contributed by atoms with Crippen molar-refractivity contribution in [1.29, 1.82) is 0 Å². The Kier molecular flexibility index (Phi) is 5.34. The number of amides is 1. The van der Waals surface area contributed by atoms with E-state index in [1.54, 1.807) is 41.5 Å². The number of aliphatic hydroxyl groups excluding tert-OH is 1. The van der Waals surface area contributed by atoms with E-state index in [2.05, 4.69) is 25.7 Å². The lowest BCUT2D eigenvalue weighted by molar-refractivity contribution is -0.111. The molecular formula is C21H18FN7O2. The summed E-state index contributed by atoms with van der Waals surface area (Å²) < 4.78 is 18.0. The zero-order valence-corrected chi connectivity index (χ0v) is 16.5. The molecule has 0 aliphatic heterocycles.